The number of benzene rings is 1. The van der Waals surface area contributed by atoms with Gasteiger partial charge in [0.25, 0.3) is 5.91 Å². The van der Waals surface area contributed by atoms with Crippen LogP contribution in [0.5, 0.6) is 0 Å². The van der Waals surface area contributed by atoms with Crippen LogP contribution in [-0.2, 0) is 4.74 Å². The minimum absolute atomic E-state index is 0.0437. The lowest BCUT2D eigenvalue weighted by Crippen LogP contribution is -2.42. The summed E-state index contributed by atoms with van der Waals surface area (Å²) in [7, 11) is 0. The standard InChI is InChI=1S/C18H20N4O3/c1-10-4-5-14-13(11(10)2)8-15(19-14)18(23)22-6-7-24-16(9-22)17-21-20-12(3)25-17/h4-5,8,16,19H,6-7,9H2,1-3H3. The van der Waals surface area contributed by atoms with Crippen molar-refractivity contribution in [1.82, 2.24) is 20.1 Å². The fourth-order valence-corrected chi connectivity index (χ4v) is 3.17. The van der Waals surface area contributed by atoms with E-state index >= 15 is 0 Å². The van der Waals surface area contributed by atoms with Crippen molar-refractivity contribution in [3.63, 3.8) is 0 Å². The number of nitrogens with one attached hydrogen (secondary N) is 1. The highest BCUT2D eigenvalue weighted by atomic mass is 16.5. The Balaban J connectivity index is 1.59. The quantitative estimate of drug-likeness (QED) is 0.775. The van der Waals surface area contributed by atoms with Gasteiger partial charge in [-0.3, -0.25) is 4.79 Å². The molecular weight excluding hydrogens is 320 g/mol. The van der Waals surface area contributed by atoms with Gasteiger partial charge in [-0.2, -0.15) is 0 Å². The van der Waals surface area contributed by atoms with Gasteiger partial charge in [0, 0.05) is 24.4 Å². The molecule has 1 aliphatic rings. The van der Waals surface area contributed by atoms with Gasteiger partial charge in [0.1, 0.15) is 5.69 Å². The van der Waals surface area contributed by atoms with Crippen LogP contribution in [0, 0.1) is 20.8 Å². The normalized spacial score (nSPS) is 18.0. The van der Waals surface area contributed by atoms with E-state index in [1.165, 1.54) is 11.1 Å². The molecule has 1 aliphatic heterocycles. The number of nitrogens with zero attached hydrogens (tertiary/aromatic N) is 3. The Kier molecular flexibility index (Phi) is 3.80. The first-order valence-electron chi connectivity index (χ1n) is 8.32. The van der Waals surface area contributed by atoms with Crippen LogP contribution in [0.3, 0.4) is 0 Å². The van der Waals surface area contributed by atoms with Gasteiger partial charge in [-0.25, -0.2) is 0 Å². The average Bonchev–Trinajstić information content (AvgIpc) is 3.24. The summed E-state index contributed by atoms with van der Waals surface area (Å²) in [5, 5.41) is 8.92. The third-order valence-electron chi connectivity index (χ3n) is 4.74. The number of carbonyl (C=O) groups excluding carboxylic acids is 1. The van der Waals surface area contributed by atoms with Crippen LogP contribution in [0.25, 0.3) is 10.9 Å². The molecule has 0 spiro atoms. The van der Waals surface area contributed by atoms with Gasteiger partial charge in [-0.1, -0.05) is 6.07 Å². The molecule has 4 rings (SSSR count). The van der Waals surface area contributed by atoms with Gasteiger partial charge in [-0.15, -0.1) is 10.2 Å². The second-order valence-electron chi connectivity index (χ2n) is 6.42. The van der Waals surface area contributed by atoms with Crippen molar-refractivity contribution in [2.75, 3.05) is 19.7 Å². The summed E-state index contributed by atoms with van der Waals surface area (Å²) < 4.78 is 11.1. The van der Waals surface area contributed by atoms with Crippen molar-refractivity contribution in [2.24, 2.45) is 0 Å². The van der Waals surface area contributed by atoms with Crippen LogP contribution in [-0.4, -0.2) is 45.7 Å². The topological polar surface area (TPSA) is 84.2 Å². The van der Waals surface area contributed by atoms with Crippen LogP contribution in [0.1, 0.15) is 39.5 Å². The minimum Gasteiger partial charge on any atom is -0.423 e. The molecule has 1 fully saturated rings. The molecule has 7 nitrogen and oxygen atoms in total. The van der Waals surface area contributed by atoms with Crippen LogP contribution in [0.4, 0.5) is 0 Å². The smallest absolute Gasteiger partial charge is 0.270 e. The number of aryl methyl sites for hydroxylation is 3. The second-order valence-corrected chi connectivity index (χ2v) is 6.42. The third-order valence-corrected chi connectivity index (χ3v) is 4.74. The second kappa shape index (κ2) is 6.00. The average molecular weight is 340 g/mol. The number of morpholine rings is 1. The van der Waals surface area contributed by atoms with Crippen LogP contribution in [0.2, 0.25) is 0 Å². The van der Waals surface area contributed by atoms with Crippen LogP contribution < -0.4 is 0 Å². The maximum absolute atomic E-state index is 12.9. The molecule has 1 aromatic carbocycles. The maximum Gasteiger partial charge on any atom is 0.270 e. The van der Waals surface area contributed by atoms with E-state index in [2.05, 4.69) is 35.1 Å². The number of carbonyl (C=O) groups is 1. The molecule has 3 aromatic rings. The highest BCUT2D eigenvalue weighted by molar-refractivity contribution is 5.99. The number of rotatable bonds is 2. The van der Waals surface area contributed by atoms with Gasteiger partial charge >= 0.3 is 0 Å². The number of H-pyrrole nitrogens is 1. The van der Waals surface area contributed by atoms with E-state index in [0.29, 0.717) is 37.2 Å². The van der Waals surface area contributed by atoms with Crippen molar-refractivity contribution in [3.8, 4) is 0 Å². The molecule has 0 saturated carbocycles. The van der Waals surface area contributed by atoms with Gasteiger partial charge in [-0.05, 0) is 37.1 Å². The molecule has 1 unspecified atom stereocenters. The molecule has 0 aliphatic carbocycles. The first kappa shape index (κ1) is 15.8. The van der Waals surface area contributed by atoms with Crippen molar-refractivity contribution in [2.45, 2.75) is 26.9 Å². The molecule has 1 saturated heterocycles. The molecule has 0 bridgehead atoms. The molecule has 3 heterocycles. The predicted molar refractivity (Wildman–Crippen MR) is 91.4 cm³/mol. The first-order chi connectivity index (χ1) is 12.0. The number of ether oxygens (including phenoxy) is 1. The Bertz CT molecular complexity index is 943. The number of amides is 1. The lowest BCUT2D eigenvalue weighted by Gasteiger charge is -2.30. The number of hydrogen-bond donors (Lipinski definition) is 1. The van der Waals surface area contributed by atoms with Crippen LogP contribution >= 0.6 is 0 Å². The minimum atomic E-state index is -0.382. The molecule has 7 heteroatoms. The monoisotopic (exact) mass is 340 g/mol. The maximum atomic E-state index is 12.9. The molecule has 1 amide bonds. The van der Waals surface area contributed by atoms with Gasteiger partial charge in [0.05, 0.1) is 13.2 Å². The summed E-state index contributed by atoms with van der Waals surface area (Å²) in [5.41, 5.74) is 3.97. The summed E-state index contributed by atoms with van der Waals surface area (Å²) in [5.74, 6) is 0.861. The molecule has 1 atom stereocenters. The van der Waals surface area contributed by atoms with Gasteiger partial charge in [0.15, 0.2) is 6.10 Å². The number of aromatic amines is 1. The van der Waals surface area contributed by atoms with Crippen molar-refractivity contribution in [3.05, 3.63) is 46.8 Å². The Morgan fingerprint density at radius 3 is 2.88 bits per heavy atom. The largest absolute Gasteiger partial charge is 0.423 e. The van der Waals surface area contributed by atoms with Crippen LogP contribution in [0.15, 0.2) is 22.6 Å². The van der Waals surface area contributed by atoms with Gasteiger partial charge in [0.2, 0.25) is 11.8 Å². The van der Waals surface area contributed by atoms with E-state index in [4.69, 9.17) is 9.15 Å². The summed E-state index contributed by atoms with van der Waals surface area (Å²) in [6.07, 6.45) is -0.382. The van der Waals surface area contributed by atoms with E-state index in [9.17, 15) is 4.79 Å². The van der Waals surface area contributed by atoms with Crippen molar-refractivity contribution >= 4 is 16.8 Å². The summed E-state index contributed by atoms with van der Waals surface area (Å²) in [6.45, 7) is 7.25. The predicted octanol–water partition coefficient (Wildman–Crippen LogP) is 2.69. The fourth-order valence-electron chi connectivity index (χ4n) is 3.17. The van der Waals surface area contributed by atoms with E-state index in [-0.39, 0.29) is 12.0 Å². The molecule has 130 valence electrons. The fraction of sp³-hybridized carbons (Fsp3) is 0.389. The van der Waals surface area contributed by atoms with Crippen molar-refractivity contribution < 1.29 is 13.9 Å². The Morgan fingerprint density at radius 2 is 2.12 bits per heavy atom. The van der Waals surface area contributed by atoms with Gasteiger partial charge < -0.3 is 19.0 Å². The molecule has 0 radical (unpaired) electrons. The summed E-state index contributed by atoms with van der Waals surface area (Å²) in [4.78, 5) is 17.9. The Morgan fingerprint density at radius 1 is 1.28 bits per heavy atom. The van der Waals surface area contributed by atoms with Crippen molar-refractivity contribution in [1.29, 1.82) is 0 Å². The number of fused-ring (bicyclic) bond motifs is 1. The van der Waals surface area contributed by atoms with E-state index in [0.717, 1.165) is 10.9 Å². The zero-order valence-electron chi connectivity index (χ0n) is 14.5. The third kappa shape index (κ3) is 2.80. The lowest BCUT2D eigenvalue weighted by molar-refractivity contribution is -0.0350. The Labute approximate surface area is 145 Å². The zero-order chi connectivity index (χ0) is 17.6. The Hall–Kier alpha value is -2.67. The van der Waals surface area contributed by atoms with E-state index in [1.807, 2.05) is 12.1 Å². The van der Waals surface area contributed by atoms with E-state index < -0.39 is 0 Å². The summed E-state index contributed by atoms with van der Waals surface area (Å²) >= 11 is 0. The van der Waals surface area contributed by atoms with E-state index in [1.54, 1.807) is 11.8 Å². The highest BCUT2D eigenvalue weighted by Gasteiger charge is 2.30. The highest BCUT2D eigenvalue weighted by Crippen LogP contribution is 2.25. The molecule has 2 aromatic heterocycles. The molecule has 25 heavy (non-hydrogen) atoms. The first-order valence-corrected chi connectivity index (χ1v) is 8.32. The molecular formula is C18H20N4O3. The lowest BCUT2D eigenvalue weighted by atomic mass is 10.1. The number of aromatic nitrogens is 3. The molecule has 1 N–H and O–H groups in total. The summed E-state index contributed by atoms with van der Waals surface area (Å²) in [6, 6.07) is 6.00. The SMILES string of the molecule is Cc1nnc(C2CN(C(=O)c3cc4c(C)c(C)ccc4[nH]3)CCO2)o1. The zero-order valence-corrected chi connectivity index (χ0v) is 14.5. The number of hydrogen-bond acceptors (Lipinski definition) is 5.